The van der Waals surface area contributed by atoms with Crippen molar-refractivity contribution in [3.05, 3.63) is 28.5 Å². The summed E-state index contributed by atoms with van der Waals surface area (Å²) in [5.74, 6) is 0.230. The second-order valence-corrected chi connectivity index (χ2v) is 4.71. The summed E-state index contributed by atoms with van der Waals surface area (Å²) in [5.41, 5.74) is 6.48. The molecule has 0 atom stereocenters. The summed E-state index contributed by atoms with van der Waals surface area (Å²) in [6.07, 6.45) is 3.06. The summed E-state index contributed by atoms with van der Waals surface area (Å²) in [7, 11) is 1.55. The van der Waals surface area contributed by atoms with Crippen LogP contribution in [0.3, 0.4) is 0 Å². The molecule has 0 aliphatic heterocycles. The molecule has 2 nitrogen and oxygen atoms in total. The van der Waals surface area contributed by atoms with Gasteiger partial charge < -0.3 is 10.5 Å². The lowest BCUT2D eigenvalue weighted by molar-refractivity contribution is 0.242. The predicted molar refractivity (Wildman–Crippen MR) is 62.5 cm³/mol. The van der Waals surface area contributed by atoms with Crippen LogP contribution in [0.25, 0.3) is 0 Å². The molecule has 4 heteroatoms. The van der Waals surface area contributed by atoms with Crippen LogP contribution in [0.2, 0.25) is 5.02 Å². The van der Waals surface area contributed by atoms with Crippen LogP contribution in [0.4, 0.5) is 4.39 Å². The third-order valence-electron chi connectivity index (χ3n) is 3.49. The Morgan fingerprint density at radius 3 is 2.62 bits per heavy atom. The molecule has 1 aliphatic carbocycles. The lowest BCUT2D eigenvalue weighted by Gasteiger charge is -2.42. The van der Waals surface area contributed by atoms with Crippen molar-refractivity contribution in [2.75, 3.05) is 13.7 Å². The SMILES string of the molecule is COc1c(Cl)cc(F)cc1C1(CN)CCC1. The van der Waals surface area contributed by atoms with E-state index in [-0.39, 0.29) is 11.2 Å². The normalized spacial score (nSPS) is 18.0. The highest BCUT2D eigenvalue weighted by atomic mass is 35.5. The second kappa shape index (κ2) is 4.22. The lowest BCUT2D eigenvalue weighted by Crippen LogP contribution is -2.41. The average molecular weight is 244 g/mol. The van der Waals surface area contributed by atoms with Crippen LogP contribution >= 0.6 is 11.6 Å². The fourth-order valence-electron chi connectivity index (χ4n) is 2.35. The third-order valence-corrected chi connectivity index (χ3v) is 3.77. The Morgan fingerprint density at radius 2 is 2.19 bits per heavy atom. The van der Waals surface area contributed by atoms with E-state index in [1.807, 2.05) is 0 Å². The molecule has 0 bridgehead atoms. The van der Waals surface area contributed by atoms with Gasteiger partial charge in [0.1, 0.15) is 11.6 Å². The summed E-state index contributed by atoms with van der Waals surface area (Å²) in [4.78, 5) is 0. The van der Waals surface area contributed by atoms with E-state index in [0.717, 1.165) is 24.8 Å². The Kier molecular flexibility index (Phi) is 3.08. The fourth-order valence-corrected chi connectivity index (χ4v) is 2.63. The molecule has 0 unspecified atom stereocenters. The van der Waals surface area contributed by atoms with E-state index in [2.05, 4.69) is 0 Å². The molecule has 1 aliphatic rings. The number of nitrogens with two attached hydrogens (primary N) is 1. The highest BCUT2D eigenvalue weighted by Gasteiger charge is 2.40. The first-order valence-electron chi connectivity index (χ1n) is 5.36. The number of methoxy groups -OCH3 is 1. The van der Waals surface area contributed by atoms with Crippen molar-refractivity contribution in [2.45, 2.75) is 24.7 Å². The first-order valence-corrected chi connectivity index (χ1v) is 5.74. The van der Waals surface area contributed by atoms with Gasteiger partial charge >= 0.3 is 0 Å². The second-order valence-electron chi connectivity index (χ2n) is 4.31. The largest absolute Gasteiger partial charge is 0.495 e. The number of rotatable bonds is 3. The van der Waals surface area contributed by atoms with E-state index < -0.39 is 0 Å². The van der Waals surface area contributed by atoms with Crippen LogP contribution in [-0.2, 0) is 5.41 Å². The van der Waals surface area contributed by atoms with Crippen LogP contribution < -0.4 is 10.5 Å². The molecule has 1 aromatic carbocycles. The molecule has 0 saturated heterocycles. The fraction of sp³-hybridized carbons (Fsp3) is 0.500. The van der Waals surface area contributed by atoms with Crippen LogP contribution in [0.5, 0.6) is 5.75 Å². The minimum Gasteiger partial charge on any atom is -0.495 e. The van der Waals surface area contributed by atoms with Gasteiger partial charge in [0.15, 0.2) is 0 Å². The maximum Gasteiger partial charge on any atom is 0.141 e. The monoisotopic (exact) mass is 243 g/mol. The maximum atomic E-state index is 13.4. The number of halogens is 2. The molecular weight excluding hydrogens is 229 g/mol. The van der Waals surface area contributed by atoms with Gasteiger partial charge in [-0.3, -0.25) is 0 Å². The Bertz CT molecular complexity index is 399. The van der Waals surface area contributed by atoms with Gasteiger partial charge in [-0.2, -0.15) is 0 Å². The first kappa shape index (κ1) is 11.7. The van der Waals surface area contributed by atoms with Gasteiger partial charge in [0.25, 0.3) is 0 Å². The molecular formula is C12H15ClFNO. The van der Waals surface area contributed by atoms with Gasteiger partial charge in [-0.05, 0) is 25.0 Å². The van der Waals surface area contributed by atoms with Gasteiger partial charge in [-0.15, -0.1) is 0 Å². The number of hydrogen-bond acceptors (Lipinski definition) is 2. The topological polar surface area (TPSA) is 35.2 Å². The summed E-state index contributed by atoms with van der Waals surface area (Å²) in [5, 5.41) is 0.317. The van der Waals surface area contributed by atoms with Crippen molar-refractivity contribution in [1.29, 1.82) is 0 Å². The molecule has 1 fully saturated rings. The van der Waals surface area contributed by atoms with Crippen LogP contribution in [0.15, 0.2) is 12.1 Å². The zero-order chi connectivity index (χ0) is 11.8. The van der Waals surface area contributed by atoms with E-state index >= 15 is 0 Å². The standard InChI is InChI=1S/C12H15ClFNO/c1-16-11-9(5-8(14)6-10(11)13)12(7-15)3-2-4-12/h5-6H,2-4,7,15H2,1H3. The van der Waals surface area contributed by atoms with Gasteiger partial charge in [-0.25, -0.2) is 4.39 Å². The Balaban J connectivity index is 2.53. The quantitative estimate of drug-likeness (QED) is 0.886. The molecule has 1 saturated carbocycles. The molecule has 0 heterocycles. The van der Waals surface area contributed by atoms with Gasteiger partial charge in [-0.1, -0.05) is 18.0 Å². The number of benzene rings is 1. The summed E-state index contributed by atoms with van der Waals surface area (Å²) >= 11 is 5.97. The lowest BCUT2D eigenvalue weighted by atomic mass is 9.64. The maximum absolute atomic E-state index is 13.4. The van der Waals surface area contributed by atoms with Crippen molar-refractivity contribution in [1.82, 2.24) is 0 Å². The van der Waals surface area contributed by atoms with Crippen LogP contribution in [-0.4, -0.2) is 13.7 Å². The van der Waals surface area contributed by atoms with Crippen molar-refractivity contribution >= 4 is 11.6 Å². The molecule has 0 radical (unpaired) electrons. The van der Waals surface area contributed by atoms with E-state index in [4.69, 9.17) is 22.1 Å². The first-order chi connectivity index (χ1) is 7.63. The molecule has 0 amide bonds. The number of ether oxygens (including phenoxy) is 1. The van der Waals surface area contributed by atoms with E-state index in [9.17, 15) is 4.39 Å². The molecule has 0 spiro atoms. The minimum atomic E-state index is -0.333. The van der Waals surface area contributed by atoms with Crippen molar-refractivity contribution in [3.63, 3.8) is 0 Å². The Hall–Kier alpha value is -0.800. The van der Waals surface area contributed by atoms with E-state index in [1.54, 1.807) is 7.11 Å². The van der Waals surface area contributed by atoms with Crippen molar-refractivity contribution in [2.24, 2.45) is 5.73 Å². The highest BCUT2D eigenvalue weighted by Crippen LogP contribution is 2.48. The summed E-state index contributed by atoms with van der Waals surface area (Å²) in [6.45, 7) is 0.503. The summed E-state index contributed by atoms with van der Waals surface area (Å²) in [6, 6.07) is 2.77. The Labute approximate surface area is 99.5 Å². The van der Waals surface area contributed by atoms with Crippen molar-refractivity contribution < 1.29 is 9.13 Å². The van der Waals surface area contributed by atoms with Gasteiger partial charge in [0.2, 0.25) is 0 Å². The van der Waals surface area contributed by atoms with Crippen LogP contribution in [0, 0.1) is 5.82 Å². The highest BCUT2D eigenvalue weighted by molar-refractivity contribution is 6.32. The molecule has 16 heavy (non-hydrogen) atoms. The number of hydrogen-bond donors (Lipinski definition) is 1. The molecule has 88 valence electrons. The van der Waals surface area contributed by atoms with Crippen LogP contribution in [0.1, 0.15) is 24.8 Å². The zero-order valence-electron chi connectivity index (χ0n) is 9.22. The molecule has 2 rings (SSSR count). The summed E-state index contributed by atoms with van der Waals surface area (Å²) < 4.78 is 18.7. The smallest absolute Gasteiger partial charge is 0.141 e. The molecule has 1 aromatic rings. The van der Waals surface area contributed by atoms with Gasteiger partial charge in [0, 0.05) is 17.5 Å². The van der Waals surface area contributed by atoms with E-state index in [1.165, 1.54) is 12.1 Å². The third kappa shape index (κ3) is 1.68. The average Bonchev–Trinajstić information content (AvgIpc) is 2.16. The predicted octanol–water partition coefficient (Wildman–Crippen LogP) is 2.87. The molecule has 0 aromatic heterocycles. The van der Waals surface area contributed by atoms with Crippen molar-refractivity contribution in [3.8, 4) is 5.75 Å². The minimum absolute atomic E-state index is 0.142. The zero-order valence-corrected chi connectivity index (χ0v) is 9.98. The Morgan fingerprint density at radius 1 is 1.50 bits per heavy atom. The van der Waals surface area contributed by atoms with E-state index in [0.29, 0.717) is 17.3 Å². The van der Waals surface area contributed by atoms with Gasteiger partial charge in [0.05, 0.1) is 12.1 Å². The molecule has 2 N–H and O–H groups in total.